The topological polar surface area (TPSA) is 62.3 Å². The predicted molar refractivity (Wildman–Crippen MR) is 132 cm³/mol. The number of fused-ring (bicyclic) bond motifs is 2. The second-order valence-corrected chi connectivity index (χ2v) is 10.1. The highest BCUT2D eigenvalue weighted by atomic mass is 32.2. The standard InChI is InChI=1S/C25H20FN3O2S2/c1-15-11-16-5-2-3-8-21(16)29(15)23(30)14-32-25-28-20-10-9-19(13-22(20)33-25)27-24(31)17-6-4-7-18(26)12-17/h2-10,12-13,15H,11,14H2,1H3,(H,27,31)/t15-/m1/s1. The molecular formula is C25H20FN3O2S2. The molecule has 0 saturated heterocycles. The number of nitrogens with zero attached hydrogens (tertiary/aromatic N) is 2. The molecule has 1 N–H and O–H groups in total. The zero-order valence-electron chi connectivity index (χ0n) is 17.7. The molecule has 1 aromatic heterocycles. The molecule has 1 aliphatic heterocycles. The van der Waals surface area contributed by atoms with Crippen molar-refractivity contribution in [2.75, 3.05) is 16.0 Å². The zero-order valence-corrected chi connectivity index (χ0v) is 19.4. The maximum Gasteiger partial charge on any atom is 0.255 e. The maximum absolute atomic E-state index is 13.4. The molecule has 0 fully saturated rings. The van der Waals surface area contributed by atoms with E-state index in [-0.39, 0.29) is 23.4 Å². The number of anilines is 2. The highest BCUT2D eigenvalue weighted by Gasteiger charge is 2.30. The number of hydrogen-bond acceptors (Lipinski definition) is 5. The minimum absolute atomic E-state index is 0.0692. The van der Waals surface area contributed by atoms with E-state index in [0.29, 0.717) is 11.4 Å². The first-order chi connectivity index (χ1) is 16.0. The first-order valence-electron chi connectivity index (χ1n) is 10.5. The summed E-state index contributed by atoms with van der Waals surface area (Å²) in [5.41, 5.74) is 3.87. The van der Waals surface area contributed by atoms with Gasteiger partial charge in [0, 0.05) is 23.0 Å². The number of halogens is 1. The number of hydrogen-bond donors (Lipinski definition) is 1. The van der Waals surface area contributed by atoms with Crippen LogP contribution >= 0.6 is 23.1 Å². The van der Waals surface area contributed by atoms with Crippen molar-refractivity contribution in [3.8, 4) is 0 Å². The van der Waals surface area contributed by atoms with Gasteiger partial charge in [-0.2, -0.15) is 0 Å². The second-order valence-electron chi connectivity index (χ2n) is 7.86. The lowest BCUT2D eigenvalue weighted by molar-refractivity contribution is -0.116. The lowest BCUT2D eigenvalue weighted by atomic mass is 10.1. The Morgan fingerprint density at radius 1 is 1.15 bits per heavy atom. The Labute approximate surface area is 198 Å². The summed E-state index contributed by atoms with van der Waals surface area (Å²) in [7, 11) is 0. The Bertz CT molecular complexity index is 1370. The number of thiazole rings is 1. The first kappa shape index (κ1) is 21.6. The largest absolute Gasteiger partial charge is 0.322 e. The molecule has 1 atom stereocenters. The molecule has 166 valence electrons. The van der Waals surface area contributed by atoms with E-state index in [1.807, 2.05) is 35.2 Å². The number of benzene rings is 3. The average molecular weight is 478 g/mol. The van der Waals surface area contributed by atoms with Crippen LogP contribution in [0.25, 0.3) is 10.2 Å². The van der Waals surface area contributed by atoms with E-state index in [9.17, 15) is 14.0 Å². The van der Waals surface area contributed by atoms with Gasteiger partial charge < -0.3 is 10.2 Å². The van der Waals surface area contributed by atoms with Crippen LogP contribution in [0, 0.1) is 5.82 Å². The summed E-state index contributed by atoms with van der Waals surface area (Å²) in [6.45, 7) is 2.07. The second kappa shape index (κ2) is 8.96. The van der Waals surface area contributed by atoms with Crippen molar-refractivity contribution in [2.45, 2.75) is 23.7 Å². The monoisotopic (exact) mass is 477 g/mol. The number of amides is 2. The van der Waals surface area contributed by atoms with E-state index in [2.05, 4.69) is 23.3 Å². The molecule has 2 amide bonds. The van der Waals surface area contributed by atoms with Crippen LogP contribution in [0.1, 0.15) is 22.8 Å². The molecule has 5 rings (SSSR count). The van der Waals surface area contributed by atoms with E-state index in [4.69, 9.17) is 0 Å². The molecule has 0 radical (unpaired) electrons. The Balaban J connectivity index is 1.26. The Kier molecular flexibility index (Phi) is 5.86. The van der Waals surface area contributed by atoms with Gasteiger partial charge in [0.25, 0.3) is 5.91 Å². The summed E-state index contributed by atoms with van der Waals surface area (Å²) in [6.07, 6.45) is 0.873. The van der Waals surface area contributed by atoms with Crippen molar-refractivity contribution in [1.29, 1.82) is 0 Å². The van der Waals surface area contributed by atoms with Crippen molar-refractivity contribution < 1.29 is 14.0 Å². The molecule has 0 bridgehead atoms. The quantitative estimate of drug-likeness (QED) is 0.372. The molecule has 0 spiro atoms. The van der Waals surface area contributed by atoms with Gasteiger partial charge in [0.15, 0.2) is 4.34 Å². The lowest BCUT2D eigenvalue weighted by Crippen LogP contribution is -2.36. The first-order valence-corrected chi connectivity index (χ1v) is 12.3. The fraction of sp³-hybridized carbons (Fsp3) is 0.160. The predicted octanol–water partition coefficient (Wildman–Crippen LogP) is 5.76. The molecule has 2 heterocycles. The van der Waals surface area contributed by atoms with Crippen LogP contribution in [0.15, 0.2) is 71.1 Å². The van der Waals surface area contributed by atoms with Crippen molar-refractivity contribution in [3.63, 3.8) is 0 Å². The molecule has 0 aliphatic carbocycles. The summed E-state index contributed by atoms with van der Waals surface area (Å²) in [5.74, 6) is -0.455. The van der Waals surface area contributed by atoms with E-state index in [1.54, 1.807) is 12.1 Å². The summed E-state index contributed by atoms with van der Waals surface area (Å²) in [4.78, 5) is 31.8. The third-order valence-electron chi connectivity index (χ3n) is 5.51. The smallest absolute Gasteiger partial charge is 0.255 e. The lowest BCUT2D eigenvalue weighted by Gasteiger charge is -2.22. The van der Waals surface area contributed by atoms with Gasteiger partial charge in [0.05, 0.1) is 16.0 Å². The fourth-order valence-electron chi connectivity index (χ4n) is 4.01. The molecule has 4 aromatic rings. The molecule has 0 unspecified atom stereocenters. The molecule has 0 saturated carbocycles. The van der Waals surface area contributed by atoms with Gasteiger partial charge in [-0.3, -0.25) is 9.59 Å². The van der Waals surface area contributed by atoms with Crippen molar-refractivity contribution in [1.82, 2.24) is 4.98 Å². The van der Waals surface area contributed by atoms with Gasteiger partial charge in [0.2, 0.25) is 5.91 Å². The Morgan fingerprint density at radius 2 is 2.00 bits per heavy atom. The zero-order chi connectivity index (χ0) is 22.9. The van der Waals surface area contributed by atoms with Crippen molar-refractivity contribution in [2.24, 2.45) is 0 Å². The van der Waals surface area contributed by atoms with Crippen molar-refractivity contribution in [3.05, 3.63) is 83.7 Å². The maximum atomic E-state index is 13.4. The summed E-state index contributed by atoms with van der Waals surface area (Å²) >= 11 is 2.90. The van der Waals surface area contributed by atoms with Gasteiger partial charge in [0.1, 0.15) is 5.82 Å². The number of rotatable bonds is 5. The van der Waals surface area contributed by atoms with Gasteiger partial charge in [-0.05, 0) is 61.4 Å². The van der Waals surface area contributed by atoms with Crippen LogP contribution < -0.4 is 10.2 Å². The highest BCUT2D eigenvalue weighted by Crippen LogP contribution is 2.35. The third kappa shape index (κ3) is 4.49. The summed E-state index contributed by atoms with van der Waals surface area (Å²) in [5, 5.41) is 2.79. The van der Waals surface area contributed by atoms with Crippen LogP contribution in [0.5, 0.6) is 0 Å². The molecule has 8 heteroatoms. The van der Waals surface area contributed by atoms with Gasteiger partial charge in [-0.1, -0.05) is 36.0 Å². The normalized spacial score (nSPS) is 15.0. The Hall–Kier alpha value is -3.23. The van der Waals surface area contributed by atoms with Crippen molar-refractivity contribution >= 4 is 56.5 Å². The van der Waals surface area contributed by atoms with Crippen LogP contribution in [0.3, 0.4) is 0 Å². The number of carbonyl (C=O) groups excluding carboxylic acids is 2. The van der Waals surface area contributed by atoms with Crippen LogP contribution in [-0.4, -0.2) is 28.6 Å². The van der Waals surface area contributed by atoms with E-state index < -0.39 is 5.82 Å². The number of aromatic nitrogens is 1. The fourth-order valence-corrected chi connectivity index (χ4v) is 5.98. The third-order valence-corrected chi connectivity index (χ3v) is 7.65. The summed E-state index contributed by atoms with van der Waals surface area (Å²) < 4.78 is 15.1. The Morgan fingerprint density at radius 3 is 2.85 bits per heavy atom. The van der Waals surface area contributed by atoms with Gasteiger partial charge in [-0.25, -0.2) is 9.37 Å². The van der Waals surface area contributed by atoms with E-state index in [1.165, 1.54) is 46.9 Å². The van der Waals surface area contributed by atoms with Crippen LogP contribution in [0.2, 0.25) is 0 Å². The van der Waals surface area contributed by atoms with E-state index in [0.717, 1.165) is 26.7 Å². The van der Waals surface area contributed by atoms with Gasteiger partial charge >= 0.3 is 0 Å². The molecule has 33 heavy (non-hydrogen) atoms. The SMILES string of the molecule is C[C@@H]1Cc2ccccc2N1C(=O)CSc1nc2ccc(NC(=O)c3cccc(F)c3)cc2s1. The molecule has 3 aromatic carbocycles. The minimum Gasteiger partial charge on any atom is -0.322 e. The number of carbonyl (C=O) groups is 2. The highest BCUT2D eigenvalue weighted by molar-refractivity contribution is 8.01. The minimum atomic E-state index is -0.455. The molecule has 5 nitrogen and oxygen atoms in total. The number of nitrogens with one attached hydrogen (secondary N) is 1. The van der Waals surface area contributed by atoms with Crippen LogP contribution in [0.4, 0.5) is 15.8 Å². The van der Waals surface area contributed by atoms with E-state index >= 15 is 0 Å². The summed E-state index contributed by atoms with van der Waals surface area (Å²) in [6, 6.07) is 19.2. The molecule has 1 aliphatic rings. The van der Waals surface area contributed by atoms with Gasteiger partial charge in [-0.15, -0.1) is 11.3 Å². The molecular weight excluding hydrogens is 457 g/mol. The number of thioether (sulfide) groups is 1. The average Bonchev–Trinajstić information content (AvgIpc) is 3.36. The van der Waals surface area contributed by atoms with Crippen LogP contribution in [-0.2, 0) is 11.2 Å². The number of para-hydroxylation sites is 1.